The zero-order chi connectivity index (χ0) is 29.7. The molecule has 0 radical (unpaired) electrons. The predicted octanol–water partition coefficient (Wildman–Crippen LogP) is 3.62. The number of carbonyl (C=O) groups excluding carboxylic acids is 4. The predicted molar refractivity (Wildman–Crippen MR) is 149 cm³/mol. The summed E-state index contributed by atoms with van der Waals surface area (Å²) in [6.45, 7) is 6.73. The molecule has 3 rings (SSSR count). The number of amides is 1. The third kappa shape index (κ3) is 8.99. The molecule has 1 aromatic carbocycles. The van der Waals surface area contributed by atoms with E-state index in [1.165, 1.54) is 27.0 Å². The summed E-state index contributed by atoms with van der Waals surface area (Å²) in [6.07, 6.45) is 5.37. The second-order valence-electron chi connectivity index (χ2n) is 12.1. The summed E-state index contributed by atoms with van der Waals surface area (Å²) < 4.78 is 10.5. The van der Waals surface area contributed by atoms with Crippen LogP contribution in [-0.4, -0.2) is 64.4 Å². The van der Waals surface area contributed by atoms with Crippen LogP contribution < -0.4 is 10.1 Å². The number of aliphatic hydroxyl groups is 1. The minimum absolute atomic E-state index is 0.0613. The van der Waals surface area contributed by atoms with Gasteiger partial charge >= 0.3 is 0 Å². The largest absolute Gasteiger partial charge is 0.504 e. The molecule has 9 nitrogen and oxygen atoms in total. The number of benzene rings is 1. The van der Waals surface area contributed by atoms with Gasteiger partial charge in [0.15, 0.2) is 23.1 Å². The first-order chi connectivity index (χ1) is 18.7. The van der Waals surface area contributed by atoms with Crippen molar-refractivity contribution in [3.63, 3.8) is 0 Å². The summed E-state index contributed by atoms with van der Waals surface area (Å²) in [6, 6.07) is 3.78. The number of phenols is 1. The van der Waals surface area contributed by atoms with Crippen molar-refractivity contribution in [1.82, 2.24) is 5.32 Å². The number of methoxy groups -OCH3 is 1. The van der Waals surface area contributed by atoms with Crippen LogP contribution in [0.3, 0.4) is 0 Å². The number of phenolic OH excluding ortho intramolecular Hbond substituents is 1. The molecule has 1 fully saturated rings. The van der Waals surface area contributed by atoms with Crippen molar-refractivity contribution in [1.29, 1.82) is 0 Å². The minimum Gasteiger partial charge on any atom is -0.504 e. The summed E-state index contributed by atoms with van der Waals surface area (Å²) in [4.78, 5) is 52.6. The van der Waals surface area contributed by atoms with Crippen LogP contribution in [0.15, 0.2) is 29.8 Å². The third-order valence-electron chi connectivity index (χ3n) is 7.56. The minimum atomic E-state index is -1.18. The van der Waals surface area contributed by atoms with E-state index in [2.05, 4.69) is 11.4 Å². The number of Topliss-reactive ketones (excluding diaryl/α,β-unsaturated/α-hetero) is 3. The Hall–Kier alpha value is -3.04. The molecule has 40 heavy (non-hydrogen) atoms. The SMILES string of the molecule is COc1ccc(CC(NC(=O)C(C)CC(=O)CC(C)(C)O)C(=O)CC(CC2=CCCC2)C(=O)C2(C)CO2)cc1O. The van der Waals surface area contributed by atoms with E-state index in [0.717, 1.165) is 24.8 Å². The Morgan fingerprint density at radius 1 is 1.18 bits per heavy atom. The molecule has 0 bridgehead atoms. The summed E-state index contributed by atoms with van der Waals surface area (Å²) >= 11 is 0. The molecular weight excluding hydrogens is 514 g/mol. The van der Waals surface area contributed by atoms with Crippen LogP contribution in [0.1, 0.15) is 78.2 Å². The average Bonchev–Trinajstić information content (AvgIpc) is 3.40. The van der Waals surface area contributed by atoms with E-state index in [9.17, 15) is 29.4 Å². The van der Waals surface area contributed by atoms with Gasteiger partial charge in [0.05, 0.1) is 25.4 Å². The number of nitrogens with one attached hydrogen (secondary N) is 1. The number of allylic oxidation sites excluding steroid dienone is 2. The Morgan fingerprint density at radius 3 is 2.42 bits per heavy atom. The standard InChI is InChI=1S/C31H43NO8/c1-19(12-23(33)17-30(2,3)38)29(37)32-24(14-21-10-11-27(39-5)26(35)15-21)25(34)16-22(13-20-8-6-7-9-20)28(36)31(4)18-40-31/h8,10-11,15,19,22,24,35,38H,6-7,9,12-14,16-18H2,1-5H3,(H,32,37). The average molecular weight is 558 g/mol. The number of ketones is 3. The summed E-state index contributed by atoms with van der Waals surface area (Å²) in [5, 5.41) is 23.0. The Kier molecular flexibility index (Phi) is 10.3. The lowest BCUT2D eigenvalue weighted by atomic mass is 9.83. The van der Waals surface area contributed by atoms with Gasteiger partial charge in [-0.15, -0.1) is 0 Å². The van der Waals surface area contributed by atoms with Crippen molar-refractivity contribution in [2.75, 3.05) is 13.7 Å². The van der Waals surface area contributed by atoms with Crippen LogP contribution in [0, 0.1) is 11.8 Å². The Bertz CT molecular complexity index is 1140. The lowest BCUT2D eigenvalue weighted by molar-refractivity contribution is -0.134. The van der Waals surface area contributed by atoms with E-state index in [4.69, 9.17) is 9.47 Å². The highest BCUT2D eigenvalue weighted by Crippen LogP contribution is 2.36. The van der Waals surface area contributed by atoms with Crippen LogP contribution in [0.25, 0.3) is 0 Å². The molecule has 0 spiro atoms. The molecule has 220 valence electrons. The highest BCUT2D eigenvalue weighted by atomic mass is 16.6. The molecular formula is C31H43NO8. The molecule has 1 aromatic rings. The van der Waals surface area contributed by atoms with E-state index in [-0.39, 0.29) is 54.5 Å². The fourth-order valence-electron chi connectivity index (χ4n) is 5.21. The fourth-order valence-corrected chi connectivity index (χ4v) is 5.21. The van der Waals surface area contributed by atoms with Gasteiger partial charge in [0.25, 0.3) is 0 Å². The van der Waals surface area contributed by atoms with Gasteiger partial charge in [0.2, 0.25) is 5.91 Å². The van der Waals surface area contributed by atoms with Gasteiger partial charge in [-0.25, -0.2) is 0 Å². The smallest absolute Gasteiger partial charge is 0.223 e. The fraction of sp³-hybridized carbons (Fsp3) is 0.613. The van der Waals surface area contributed by atoms with Gasteiger partial charge in [-0.2, -0.15) is 0 Å². The molecule has 9 heteroatoms. The van der Waals surface area contributed by atoms with Crippen LogP contribution in [-0.2, 0) is 30.3 Å². The monoisotopic (exact) mass is 557 g/mol. The maximum atomic E-state index is 13.7. The zero-order valence-corrected chi connectivity index (χ0v) is 24.2. The highest BCUT2D eigenvalue weighted by Gasteiger charge is 2.50. The first kappa shape index (κ1) is 31.5. The summed E-state index contributed by atoms with van der Waals surface area (Å²) in [5.74, 6) is -2.25. The van der Waals surface area contributed by atoms with Crippen molar-refractivity contribution in [3.8, 4) is 11.5 Å². The van der Waals surface area contributed by atoms with Crippen molar-refractivity contribution in [2.24, 2.45) is 11.8 Å². The molecule has 1 heterocycles. The third-order valence-corrected chi connectivity index (χ3v) is 7.56. The summed E-state index contributed by atoms with van der Waals surface area (Å²) in [7, 11) is 1.43. The zero-order valence-electron chi connectivity index (χ0n) is 24.2. The molecule has 1 aliphatic heterocycles. The van der Waals surface area contributed by atoms with Gasteiger partial charge < -0.3 is 25.0 Å². The lowest BCUT2D eigenvalue weighted by Gasteiger charge is -2.24. The maximum Gasteiger partial charge on any atom is 0.223 e. The highest BCUT2D eigenvalue weighted by molar-refractivity contribution is 5.97. The molecule has 1 aliphatic carbocycles. The van der Waals surface area contributed by atoms with E-state index in [1.54, 1.807) is 26.0 Å². The number of rotatable bonds is 16. The molecule has 4 unspecified atom stereocenters. The van der Waals surface area contributed by atoms with E-state index < -0.39 is 35.0 Å². The van der Waals surface area contributed by atoms with Crippen molar-refractivity contribution in [3.05, 3.63) is 35.4 Å². The Balaban J connectivity index is 1.79. The quantitative estimate of drug-likeness (QED) is 0.207. The van der Waals surface area contributed by atoms with Gasteiger partial charge in [-0.1, -0.05) is 24.6 Å². The maximum absolute atomic E-state index is 13.7. The first-order valence-electron chi connectivity index (χ1n) is 14.0. The van der Waals surface area contributed by atoms with Crippen LogP contribution in [0.5, 0.6) is 11.5 Å². The number of carbonyl (C=O) groups is 4. The number of hydrogen-bond acceptors (Lipinski definition) is 8. The van der Waals surface area contributed by atoms with Crippen molar-refractivity contribution < 1.29 is 38.9 Å². The first-order valence-corrected chi connectivity index (χ1v) is 14.0. The molecule has 1 saturated heterocycles. The molecule has 4 atom stereocenters. The topological polar surface area (TPSA) is 143 Å². The van der Waals surface area contributed by atoms with Gasteiger partial charge in [0, 0.05) is 31.1 Å². The lowest BCUT2D eigenvalue weighted by Crippen LogP contribution is -2.46. The molecule has 2 aliphatic rings. The van der Waals surface area contributed by atoms with Crippen LogP contribution in [0.2, 0.25) is 0 Å². The van der Waals surface area contributed by atoms with Gasteiger partial charge in [-0.3, -0.25) is 19.2 Å². The number of epoxide rings is 1. The molecule has 0 aromatic heterocycles. The van der Waals surface area contributed by atoms with Crippen LogP contribution in [0.4, 0.5) is 0 Å². The normalized spacial score (nSPS) is 20.7. The number of hydrogen-bond donors (Lipinski definition) is 3. The Morgan fingerprint density at radius 2 is 1.88 bits per heavy atom. The van der Waals surface area contributed by atoms with E-state index in [1.807, 2.05) is 0 Å². The molecule has 1 amide bonds. The van der Waals surface area contributed by atoms with Crippen LogP contribution >= 0.6 is 0 Å². The van der Waals surface area contributed by atoms with Gasteiger partial charge in [-0.05, 0) is 70.6 Å². The second-order valence-corrected chi connectivity index (χ2v) is 12.1. The van der Waals surface area contributed by atoms with Crippen molar-refractivity contribution >= 4 is 23.3 Å². The second kappa shape index (κ2) is 13.1. The molecule has 3 N–H and O–H groups in total. The Labute approximate surface area is 236 Å². The van der Waals surface area contributed by atoms with Crippen molar-refractivity contribution in [2.45, 2.75) is 96.3 Å². The van der Waals surface area contributed by atoms with E-state index in [0.29, 0.717) is 18.6 Å². The number of aromatic hydroxyl groups is 1. The molecule has 0 saturated carbocycles. The van der Waals surface area contributed by atoms with Gasteiger partial charge in [0.1, 0.15) is 11.4 Å². The summed E-state index contributed by atoms with van der Waals surface area (Å²) in [5.41, 5.74) is -0.294. The van der Waals surface area contributed by atoms with E-state index >= 15 is 0 Å². The number of ether oxygens (including phenoxy) is 2.